The molecule has 0 aliphatic carbocycles. The van der Waals surface area contributed by atoms with E-state index in [1.807, 2.05) is 0 Å². The Morgan fingerprint density at radius 3 is 2.75 bits per heavy atom. The number of nitrogens with one attached hydrogen (secondary N) is 1. The minimum atomic E-state index is -0.678. The van der Waals surface area contributed by atoms with Crippen molar-refractivity contribution in [3.05, 3.63) is 29.3 Å². The van der Waals surface area contributed by atoms with Crippen LogP contribution in [0.4, 0.5) is 4.79 Å². The van der Waals surface area contributed by atoms with Gasteiger partial charge in [-0.05, 0) is 39.0 Å². The van der Waals surface area contributed by atoms with Crippen molar-refractivity contribution in [2.24, 2.45) is 10.8 Å². The molecule has 0 radical (unpaired) electrons. The molecule has 0 aliphatic rings. The van der Waals surface area contributed by atoms with Gasteiger partial charge in [0.1, 0.15) is 18.0 Å². The number of nitrogens with zero attached hydrogens (tertiary/aromatic N) is 1. The number of amidine groups is 1. The van der Waals surface area contributed by atoms with E-state index in [1.165, 1.54) is 0 Å². The first-order chi connectivity index (χ1) is 9.26. The number of carbonyl (C=O) groups excluding carboxylic acids is 1. The molecule has 0 heterocycles. The van der Waals surface area contributed by atoms with Gasteiger partial charge in [-0.15, -0.1) is 0 Å². The average molecular weight is 300 g/mol. The summed E-state index contributed by atoms with van der Waals surface area (Å²) >= 11 is 5.81. The first kappa shape index (κ1) is 16.1. The number of rotatable bonds is 4. The summed E-state index contributed by atoms with van der Waals surface area (Å²) in [4.78, 5) is 11.3. The largest absolute Gasteiger partial charge is 0.486 e. The van der Waals surface area contributed by atoms with Gasteiger partial charge in [0.05, 0.1) is 0 Å². The van der Waals surface area contributed by atoms with Crippen molar-refractivity contribution in [1.29, 1.82) is 0 Å². The summed E-state index contributed by atoms with van der Waals surface area (Å²) in [7, 11) is 0. The molecule has 0 spiro atoms. The van der Waals surface area contributed by atoms with Crippen molar-refractivity contribution in [3.8, 4) is 5.75 Å². The molecular weight excluding hydrogens is 282 g/mol. The lowest BCUT2D eigenvalue weighted by Crippen LogP contribution is -2.32. The van der Waals surface area contributed by atoms with Gasteiger partial charge in [-0.25, -0.2) is 10.2 Å². The number of hydrogen-bond donors (Lipinski definition) is 2. The Morgan fingerprint density at radius 1 is 1.45 bits per heavy atom. The Hall–Kier alpha value is -1.95. The molecule has 110 valence electrons. The standard InChI is InChI=1S/C13H18ClN3O3/c1-13(2,3)20-12(18)17-16-11(15)8-19-10-6-4-5-9(14)7-10/h4-7H,8H2,1-3H3,(H2,15,16)(H,17,18). The molecule has 0 bridgehead atoms. The second-order valence-electron chi connectivity index (χ2n) is 4.96. The highest BCUT2D eigenvalue weighted by Gasteiger charge is 2.15. The highest BCUT2D eigenvalue weighted by Crippen LogP contribution is 2.16. The van der Waals surface area contributed by atoms with Crippen LogP contribution < -0.4 is 15.9 Å². The lowest BCUT2D eigenvalue weighted by molar-refractivity contribution is 0.0529. The van der Waals surface area contributed by atoms with Crippen LogP contribution in [0, 0.1) is 0 Å². The SMILES string of the molecule is CC(C)(C)OC(=O)N/N=C(/N)COc1cccc(Cl)c1. The zero-order chi connectivity index (χ0) is 15.2. The first-order valence-electron chi connectivity index (χ1n) is 5.95. The van der Waals surface area contributed by atoms with E-state index >= 15 is 0 Å². The lowest BCUT2D eigenvalue weighted by Gasteiger charge is -2.18. The van der Waals surface area contributed by atoms with Gasteiger partial charge in [-0.2, -0.15) is 5.10 Å². The van der Waals surface area contributed by atoms with E-state index in [-0.39, 0.29) is 12.4 Å². The van der Waals surface area contributed by atoms with Crippen molar-refractivity contribution in [2.45, 2.75) is 26.4 Å². The van der Waals surface area contributed by atoms with E-state index in [9.17, 15) is 4.79 Å². The van der Waals surface area contributed by atoms with Crippen LogP contribution in [0.1, 0.15) is 20.8 Å². The molecule has 7 heteroatoms. The Balaban J connectivity index is 2.41. The van der Waals surface area contributed by atoms with Crippen molar-refractivity contribution in [1.82, 2.24) is 5.43 Å². The maximum Gasteiger partial charge on any atom is 0.428 e. The molecule has 20 heavy (non-hydrogen) atoms. The summed E-state index contributed by atoms with van der Waals surface area (Å²) < 4.78 is 10.3. The molecule has 6 nitrogen and oxygen atoms in total. The number of carbonyl (C=O) groups is 1. The Morgan fingerprint density at radius 2 is 2.15 bits per heavy atom. The van der Waals surface area contributed by atoms with Crippen molar-refractivity contribution in [2.75, 3.05) is 6.61 Å². The third-order valence-electron chi connectivity index (χ3n) is 1.87. The van der Waals surface area contributed by atoms with Crippen LogP contribution in [0.2, 0.25) is 5.02 Å². The number of halogens is 1. The predicted octanol–water partition coefficient (Wildman–Crippen LogP) is 2.52. The number of benzene rings is 1. The monoisotopic (exact) mass is 299 g/mol. The number of hydrogen-bond acceptors (Lipinski definition) is 4. The average Bonchev–Trinajstić information content (AvgIpc) is 2.32. The van der Waals surface area contributed by atoms with Gasteiger partial charge in [0.15, 0.2) is 5.84 Å². The maximum absolute atomic E-state index is 11.3. The molecule has 1 rings (SSSR count). The molecule has 0 saturated carbocycles. The summed E-state index contributed by atoms with van der Waals surface area (Å²) in [6, 6.07) is 6.87. The molecule has 1 aromatic rings. The zero-order valence-corrected chi connectivity index (χ0v) is 12.4. The van der Waals surface area contributed by atoms with Crippen LogP contribution in [-0.2, 0) is 4.74 Å². The van der Waals surface area contributed by atoms with Crippen LogP contribution in [0.15, 0.2) is 29.4 Å². The fourth-order valence-corrected chi connectivity index (χ4v) is 1.34. The van der Waals surface area contributed by atoms with Gasteiger partial charge in [-0.1, -0.05) is 17.7 Å². The summed E-state index contributed by atoms with van der Waals surface area (Å²) in [6.07, 6.45) is -0.678. The van der Waals surface area contributed by atoms with Crippen LogP contribution in [-0.4, -0.2) is 24.1 Å². The van der Waals surface area contributed by atoms with E-state index in [0.717, 1.165) is 0 Å². The minimum Gasteiger partial charge on any atom is -0.486 e. The fourth-order valence-electron chi connectivity index (χ4n) is 1.16. The second kappa shape index (κ2) is 7.00. The Bertz CT molecular complexity index is 498. The van der Waals surface area contributed by atoms with Gasteiger partial charge in [-0.3, -0.25) is 0 Å². The molecule has 1 aromatic carbocycles. The summed E-state index contributed by atoms with van der Waals surface area (Å²) in [5.74, 6) is 0.670. The van der Waals surface area contributed by atoms with Gasteiger partial charge < -0.3 is 15.2 Å². The number of nitrogens with two attached hydrogens (primary N) is 1. The third-order valence-corrected chi connectivity index (χ3v) is 2.11. The van der Waals surface area contributed by atoms with Crippen molar-refractivity contribution in [3.63, 3.8) is 0 Å². The summed E-state index contributed by atoms with van der Waals surface area (Å²) in [6.45, 7) is 5.28. The molecule has 0 atom stereocenters. The van der Waals surface area contributed by atoms with Crippen molar-refractivity contribution >= 4 is 23.5 Å². The molecular formula is C13H18ClN3O3. The van der Waals surface area contributed by atoms with Gasteiger partial charge in [0.2, 0.25) is 0 Å². The van der Waals surface area contributed by atoms with Crippen LogP contribution in [0.25, 0.3) is 0 Å². The number of amides is 1. The maximum atomic E-state index is 11.3. The number of hydrazone groups is 1. The fraction of sp³-hybridized carbons (Fsp3) is 0.385. The van der Waals surface area contributed by atoms with Crippen LogP contribution in [0.3, 0.4) is 0 Å². The third kappa shape index (κ3) is 6.84. The van der Waals surface area contributed by atoms with Gasteiger partial charge >= 0.3 is 6.09 Å². The molecule has 0 fully saturated rings. The molecule has 0 unspecified atom stereocenters. The lowest BCUT2D eigenvalue weighted by atomic mass is 10.2. The van der Waals surface area contributed by atoms with E-state index < -0.39 is 11.7 Å². The second-order valence-corrected chi connectivity index (χ2v) is 5.40. The van der Waals surface area contributed by atoms with Gasteiger partial charge in [0.25, 0.3) is 0 Å². The summed E-state index contributed by atoms with van der Waals surface area (Å²) in [5.41, 5.74) is 7.18. The van der Waals surface area contributed by atoms with E-state index in [0.29, 0.717) is 10.8 Å². The minimum absolute atomic E-state index is 0.0239. The Kier molecular flexibility index (Phi) is 5.64. The number of ether oxygens (including phenoxy) is 2. The molecule has 0 aromatic heterocycles. The highest BCUT2D eigenvalue weighted by molar-refractivity contribution is 6.30. The predicted molar refractivity (Wildman–Crippen MR) is 77.9 cm³/mol. The quantitative estimate of drug-likeness (QED) is 0.508. The summed E-state index contributed by atoms with van der Waals surface area (Å²) in [5, 5.41) is 4.22. The Labute approximate surface area is 122 Å². The van der Waals surface area contributed by atoms with E-state index in [1.54, 1.807) is 45.0 Å². The van der Waals surface area contributed by atoms with E-state index in [2.05, 4.69) is 10.5 Å². The van der Waals surface area contributed by atoms with Crippen LogP contribution >= 0.6 is 11.6 Å². The molecule has 3 N–H and O–H groups in total. The highest BCUT2D eigenvalue weighted by atomic mass is 35.5. The van der Waals surface area contributed by atoms with Gasteiger partial charge in [0, 0.05) is 5.02 Å². The molecule has 0 aliphatic heterocycles. The topological polar surface area (TPSA) is 85.9 Å². The first-order valence-corrected chi connectivity index (χ1v) is 6.33. The molecule has 0 saturated heterocycles. The zero-order valence-electron chi connectivity index (χ0n) is 11.6. The molecule has 1 amide bonds. The van der Waals surface area contributed by atoms with Crippen molar-refractivity contribution < 1.29 is 14.3 Å². The normalized spacial score (nSPS) is 11.9. The van der Waals surface area contributed by atoms with Crippen LogP contribution in [0.5, 0.6) is 5.75 Å². The smallest absolute Gasteiger partial charge is 0.428 e. The van der Waals surface area contributed by atoms with E-state index in [4.69, 9.17) is 26.8 Å².